The van der Waals surface area contributed by atoms with Gasteiger partial charge in [0.05, 0.1) is 5.00 Å². The third kappa shape index (κ3) is 2.24. The first kappa shape index (κ1) is 9.48. The van der Waals surface area contributed by atoms with E-state index in [1.54, 1.807) is 11.3 Å². The molecular weight excluding hydrogens is 198 g/mol. The minimum absolute atomic E-state index is 0.00829. The lowest BCUT2D eigenvalue weighted by atomic mass is 10.4. The van der Waals surface area contributed by atoms with Gasteiger partial charge >= 0.3 is 6.03 Å². The summed E-state index contributed by atoms with van der Waals surface area (Å²) in [5.41, 5.74) is 0. The molecule has 0 aromatic carbocycles. The molecule has 76 valence electrons. The average molecular weight is 211 g/mol. The number of carbonyl (C=O) groups is 1. The molecule has 0 atom stereocenters. The maximum atomic E-state index is 11.7. The van der Waals surface area contributed by atoms with Gasteiger partial charge in [0, 0.05) is 26.2 Å². The van der Waals surface area contributed by atoms with Crippen LogP contribution in [0.5, 0.6) is 0 Å². The highest BCUT2D eigenvalue weighted by atomic mass is 32.1. The smallest absolute Gasteiger partial charge is 0.322 e. The molecule has 1 aromatic heterocycles. The largest absolute Gasteiger partial charge is 0.322 e. The zero-order valence-corrected chi connectivity index (χ0v) is 8.64. The molecule has 1 saturated heterocycles. The molecule has 1 aliphatic rings. The lowest BCUT2D eigenvalue weighted by Gasteiger charge is -2.27. The number of hydrogen-bond acceptors (Lipinski definition) is 3. The Balaban J connectivity index is 1.88. The average Bonchev–Trinajstić information content (AvgIpc) is 2.72. The second-order valence-electron chi connectivity index (χ2n) is 3.14. The quantitative estimate of drug-likeness (QED) is 0.732. The van der Waals surface area contributed by atoms with E-state index in [1.165, 1.54) is 0 Å². The molecule has 0 aliphatic carbocycles. The van der Waals surface area contributed by atoms with Crippen molar-refractivity contribution in [1.82, 2.24) is 10.2 Å². The van der Waals surface area contributed by atoms with Crippen molar-refractivity contribution in [2.24, 2.45) is 0 Å². The molecule has 2 N–H and O–H groups in total. The number of anilines is 1. The highest BCUT2D eigenvalue weighted by Gasteiger charge is 2.15. The van der Waals surface area contributed by atoms with Gasteiger partial charge in [-0.25, -0.2) is 4.79 Å². The van der Waals surface area contributed by atoms with Crippen LogP contribution in [-0.4, -0.2) is 37.1 Å². The van der Waals surface area contributed by atoms with E-state index in [9.17, 15) is 4.79 Å². The van der Waals surface area contributed by atoms with Crippen molar-refractivity contribution in [2.75, 3.05) is 31.5 Å². The van der Waals surface area contributed by atoms with Crippen molar-refractivity contribution >= 4 is 22.4 Å². The summed E-state index contributed by atoms with van der Waals surface area (Å²) in [5, 5.41) is 8.94. The predicted molar refractivity (Wildman–Crippen MR) is 57.8 cm³/mol. The minimum Gasteiger partial charge on any atom is -0.322 e. The van der Waals surface area contributed by atoms with E-state index in [0.29, 0.717) is 0 Å². The molecule has 0 bridgehead atoms. The van der Waals surface area contributed by atoms with Gasteiger partial charge in [-0.05, 0) is 17.5 Å². The van der Waals surface area contributed by atoms with E-state index in [0.717, 1.165) is 31.2 Å². The molecule has 1 aliphatic heterocycles. The Morgan fingerprint density at radius 3 is 2.93 bits per heavy atom. The first-order valence-electron chi connectivity index (χ1n) is 4.66. The van der Waals surface area contributed by atoms with Gasteiger partial charge in [-0.1, -0.05) is 0 Å². The van der Waals surface area contributed by atoms with Gasteiger partial charge in [-0.3, -0.25) is 5.32 Å². The third-order valence-electron chi connectivity index (χ3n) is 2.16. The van der Waals surface area contributed by atoms with Crippen molar-refractivity contribution < 1.29 is 4.79 Å². The van der Waals surface area contributed by atoms with Crippen LogP contribution in [0.3, 0.4) is 0 Å². The Bertz CT molecular complexity index is 293. The van der Waals surface area contributed by atoms with E-state index in [-0.39, 0.29) is 6.03 Å². The molecule has 5 heteroatoms. The summed E-state index contributed by atoms with van der Waals surface area (Å²) >= 11 is 1.54. The van der Waals surface area contributed by atoms with Gasteiger partial charge < -0.3 is 10.2 Å². The molecule has 1 fully saturated rings. The first-order valence-corrected chi connectivity index (χ1v) is 5.54. The van der Waals surface area contributed by atoms with Crippen molar-refractivity contribution in [3.05, 3.63) is 17.5 Å². The number of urea groups is 1. The van der Waals surface area contributed by atoms with Crippen molar-refractivity contribution in [1.29, 1.82) is 0 Å². The summed E-state index contributed by atoms with van der Waals surface area (Å²) in [4.78, 5) is 13.5. The number of rotatable bonds is 1. The third-order valence-corrected chi connectivity index (χ3v) is 2.94. The first-order chi connectivity index (χ1) is 6.86. The van der Waals surface area contributed by atoms with Gasteiger partial charge in [-0.2, -0.15) is 0 Å². The van der Waals surface area contributed by atoms with Crippen LogP contribution < -0.4 is 10.6 Å². The Morgan fingerprint density at radius 1 is 1.50 bits per heavy atom. The summed E-state index contributed by atoms with van der Waals surface area (Å²) in [6.07, 6.45) is 0. The number of nitrogens with zero attached hydrogens (tertiary/aromatic N) is 1. The zero-order valence-electron chi connectivity index (χ0n) is 7.82. The lowest BCUT2D eigenvalue weighted by molar-refractivity contribution is 0.204. The van der Waals surface area contributed by atoms with E-state index < -0.39 is 0 Å². The Morgan fingerprint density at radius 2 is 2.29 bits per heavy atom. The summed E-state index contributed by atoms with van der Waals surface area (Å²) in [6, 6.07) is 3.84. The van der Waals surface area contributed by atoms with Crippen LogP contribution in [0.15, 0.2) is 17.5 Å². The maximum Gasteiger partial charge on any atom is 0.322 e. The van der Waals surface area contributed by atoms with Crippen molar-refractivity contribution in [3.63, 3.8) is 0 Å². The molecular formula is C9H13N3OS. The highest BCUT2D eigenvalue weighted by Crippen LogP contribution is 2.15. The monoisotopic (exact) mass is 211 g/mol. The summed E-state index contributed by atoms with van der Waals surface area (Å²) in [5.74, 6) is 0. The van der Waals surface area contributed by atoms with Crippen LogP contribution in [0.25, 0.3) is 0 Å². The number of amides is 2. The zero-order chi connectivity index (χ0) is 9.80. The summed E-state index contributed by atoms with van der Waals surface area (Å²) in [7, 11) is 0. The van der Waals surface area contributed by atoms with Gasteiger partial charge in [0.15, 0.2) is 0 Å². The van der Waals surface area contributed by atoms with Crippen LogP contribution in [0.1, 0.15) is 0 Å². The summed E-state index contributed by atoms with van der Waals surface area (Å²) < 4.78 is 0. The minimum atomic E-state index is 0.00829. The number of piperazine rings is 1. The van der Waals surface area contributed by atoms with Crippen molar-refractivity contribution in [3.8, 4) is 0 Å². The molecule has 4 nitrogen and oxygen atoms in total. The van der Waals surface area contributed by atoms with E-state index in [2.05, 4.69) is 10.6 Å². The molecule has 2 rings (SSSR count). The molecule has 1 aromatic rings. The highest BCUT2D eigenvalue weighted by molar-refractivity contribution is 7.14. The molecule has 2 amide bonds. The molecule has 0 spiro atoms. The number of hydrogen-bond donors (Lipinski definition) is 2. The Kier molecular flexibility index (Phi) is 3.00. The fourth-order valence-electron chi connectivity index (χ4n) is 1.40. The lowest BCUT2D eigenvalue weighted by Crippen LogP contribution is -2.47. The number of nitrogens with one attached hydrogen (secondary N) is 2. The van der Waals surface area contributed by atoms with Crippen molar-refractivity contribution in [2.45, 2.75) is 0 Å². The SMILES string of the molecule is O=C(Nc1cccs1)N1CCNCC1. The van der Waals surface area contributed by atoms with Gasteiger partial charge in [0.2, 0.25) is 0 Å². The topological polar surface area (TPSA) is 44.4 Å². The molecule has 2 heterocycles. The second-order valence-corrected chi connectivity index (χ2v) is 4.09. The van der Waals surface area contributed by atoms with Crippen LogP contribution in [0.4, 0.5) is 9.80 Å². The molecule has 14 heavy (non-hydrogen) atoms. The van der Waals surface area contributed by atoms with E-state index in [4.69, 9.17) is 0 Å². The second kappa shape index (κ2) is 4.43. The van der Waals surface area contributed by atoms with Gasteiger partial charge in [0.25, 0.3) is 0 Å². The summed E-state index contributed by atoms with van der Waals surface area (Å²) in [6.45, 7) is 3.35. The molecule has 0 radical (unpaired) electrons. The molecule has 0 saturated carbocycles. The van der Waals surface area contributed by atoms with E-state index >= 15 is 0 Å². The Labute approximate surface area is 86.9 Å². The maximum absolute atomic E-state index is 11.7. The van der Waals surface area contributed by atoms with Crippen LogP contribution in [-0.2, 0) is 0 Å². The Hall–Kier alpha value is -1.07. The standard InChI is InChI=1S/C9H13N3OS/c13-9(11-8-2-1-7-14-8)12-5-3-10-4-6-12/h1-2,7,10H,3-6H2,(H,11,13). The normalized spacial score (nSPS) is 16.7. The predicted octanol–water partition coefficient (Wildman–Crippen LogP) is 1.19. The van der Waals surface area contributed by atoms with Crippen LogP contribution >= 0.6 is 11.3 Å². The fraction of sp³-hybridized carbons (Fsp3) is 0.444. The fourth-order valence-corrected chi connectivity index (χ4v) is 2.01. The van der Waals surface area contributed by atoms with Crippen LogP contribution in [0.2, 0.25) is 0 Å². The van der Waals surface area contributed by atoms with E-state index in [1.807, 2.05) is 22.4 Å². The molecule has 0 unspecified atom stereocenters. The van der Waals surface area contributed by atoms with Gasteiger partial charge in [-0.15, -0.1) is 11.3 Å². The number of carbonyl (C=O) groups excluding carboxylic acids is 1. The van der Waals surface area contributed by atoms with Gasteiger partial charge in [0.1, 0.15) is 0 Å². The number of thiophene rings is 1. The van der Waals surface area contributed by atoms with Crippen LogP contribution in [0, 0.1) is 0 Å².